The normalized spacial score (nSPS) is 12.8. The number of ether oxygens (including phenoxy) is 1. The van der Waals surface area contributed by atoms with E-state index >= 15 is 0 Å². The van der Waals surface area contributed by atoms with Crippen molar-refractivity contribution in [1.82, 2.24) is 0 Å². The van der Waals surface area contributed by atoms with Crippen LogP contribution in [0.5, 0.6) is 0 Å². The summed E-state index contributed by atoms with van der Waals surface area (Å²) in [5, 5.41) is 16.6. The maximum Gasteiger partial charge on any atom is 0.293 e. The molecule has 0 saturated carbocycles. The minimum absolute atomic E-state index is 0.139. The van der Waals surface area contributed by atoms with Gasteiger partial charge in [-0.1, -0.05) is 0 Å². The summed E-state index contributed by atoms with van der Waals surface area (Å²) in [5.41, 5.74) is 0. The molecule has 8 heavy (non-hydrogen) atoms. The molecule has 0 saturated heterocycles. The molecule has 2 N–H and O–H groups in total. The van der Waals surface area contributed by atoms with Gasteiger partial charge in [-0.15, -0.1) is 0 Å². The SMILES string of the molecule is O=COC[C@H](O)CO. The van der Waals surface area contributed by atoms with Gasteiger partial charge in [0.25, 0.3) is 6.47 Å². The van der Waals surface area contributed by atoms with Crippen LogP contribution in [0.3, 0.4) is 0 Å². The van der Waals surface area contributed by atoms with Crippen LogP contribution in [0.15, 0.2) is 0 Å². The van der Waals surface area contributed by atoms with Gasteiger partial charge in [0.05, 0.1) is 6.61 Å². The van der Waals surface area contributed by atoms with E-state index < -0.39 is 6.10 Å². The fourth-order valence-electron chi connectivity index (χ4n) is 0.203. The van der Waals surface area contributed by atoms with Crippen molar-refractivity contribution in [3.05, 3.63) is 0 Å². The van der Waals surface area contributed by atoms with E-state index in [2.05, 4.69) is 4.74 Å². The van der Waals surface area contributed by atoms with Gasteiger partial charge in [-0.3, -0.25) is 4.79 Å². The van der Waals surface area contributed by atoms with E-state index in [1.807, 2.05) is 0 Å². The molecule has 0 rings (SSSR count). The first-order valence-corrected chi connectivity index (χ1v) is 2.15. The summed E-state index contributed by atoms with van der Waals surface area (Å²) in [4.78, 5) is 9.41. The van der Waals surface area contributed by atoms with Gasteiger partial charge in [0, 0.05) is 0 Å². The fraction of sp³-hybridized carbons (Fsp3) is 0.750. The van der Waals surface area contributed by atoms with Crippen molar-refractivity contribution in [3.8, 4) is 0 Å². The molecule has 0 aromatic heterocycles. The highest BCUT2D eigenvalue weighted by molar-refractivity contribution is 5.36. The molecule has 0 aliphatic rings. The van der Waals surface area contributed by atoms with Crippen LogP contribution in [0, 0.1) is 0 Å². The lowest BCUT2D eigenvalue weighted by Gasteiger charge is -2.02. The molecule has 0 spiro atoms. The van der Waals surface area contributed by atoms with Crippen LogP contribution in [0.1, 0.15) is 0 Å². The first kappa shape index (κ1) is 7.39. The van der Waals surface area contributed by atoms with Crippen LogP contribution >= 0.6 is 0 Å². The molecule has 0 radical (unpaired) electrons. The van der Waals surface area contributed by atoms with Gasteiger partial charge in [-0.05, 0) is 0 Å². The standard InChI is InChI=1S/C4H8O4/c5-1-4(7)2-8-3-6/h3-5,7H,1-2H2/t4-/m1/s1. The summed E-state index contributed by atoms with van der Waals surface area (Å²) >= 11 is 0. The Morgan fingerprint density at radius 3 is 2.75 bits per heavy atom. The summed E-state index contributed by atoms with van der Waals surface area (Å²) in [7, 11) is 0. The Hall–Kier alpha value is -0.610. The summed E-state index contributed by atoms with van der Waals surface area (Å²) in [6.07, 6.45) is -0.944. The molecule has 4 nitrogen and oxygen atoms in total. The third-order valence-corrected chi connectivity index (χ3v) is 0.567. The zero-order valence-corrected chi connectivity index (χ0v) is 4.28. The Labute approximate surface area is 46.7 Å². The minimum Gasteiger partial charge on any atom is -0.465 e. The van der Waals surface area contributed by atoms with Crippen LogP contribution in [0.2, 0.25) is 0 Å². The Balaban J connectivity index is 2.97. The van der Waals surface area contributed by atoms with Crippen molar-refractivity contribution < 1.29 is 19.7 Å². The number of aliphatic hydroxyl groups is 2. The second-order valence-electron chi connectivity index (χ2n) is 1.27. The summed E-state index contributed by atoms with van der Waals surface area (Å²) in [6.45, 7) is -0.299. The van der Waals surface area contributed by atoms with Crippen LogP contribution in [0.4, 0.5) is 0 Å². The molecular formula is C4H8O4. The fourth-order valence-corrected chi connectivity index (χ4v) is 0.203. The van der Waals surface area contributed by atoms with Crippen LogP contribution in [-0.4, -0.2) is 36.0 Å². The Kier molecular flexibility index (Phi) is 4.20. The molecule has 4 heteroatoms. The van der Waals surface area contributed by atoms with Gasteiger partial charge in [-0.2, -0.15) is 0 Å². The number of hydrogen-bond acceptors (Lipinski definition) is 4. The third-order valence-electron chi connectivity index (χ3n) is 0.567. The molecule has 0 aliphatic heterocycles. The first-order chi connectivity index (χ1) is 3.81. The molecule has 0 heterocycles. The molecule has 48 valence electrons. The van der Waals surface area contributed by atoms with Gasteiger partial charge in [0.15, 0.2) is 0 Å². The quantitative estimate of drug-likeness (QED) is 0.444. The average molecular weight is 120 g/mol. The van der Waals surface area contributed by atoms with E-state index in [-0.39, 0.29) is 19.7 Å². The number of carbonyl (C=O) groups excluding carboxylic acids is 1. The number of rotatable bonds is 4. The lowest BCUT2D eigenvalue weighted by molar-refractivity contribution is -0.132. The largest absolute Gasteiger partial charge is 0.465 e. The second-order valence-corrected chi connectivity index (χ2v) is 1.27. The highest BCUT2D eigenvalue weighted by Crippen LogP contribution is 1.78. The van der Waals surface area contributed by atoms with E-state index in [4.69, 9.17) is 10.2 Å². The maximum absolute atomic E-state index is 9.41. The van der Waals surface area contributed by atoms with Gasteiger partial charge in [0.2, 0.25) is 0 Å². The highest BCUT2D eigenvalue weighted by Gasteiger charge is 1.98. The lowest BCUT2D eigenvalue weighted by Crippen LogP contribution is -2.18. The first-order valence-electron chi connectivity index (χ1n) is 2.15. The molecule has 0 aliphatic carbocycles. The van der Waals surface area contributed by atoms with E-state index in [9.17, 15) is 4.79 Å². The maximum atomic E-state index is 9.41. The summed E-state index contributed by atoms with van der Waals surface area (Å²) in [6, 6.07) is 0. The molecule has 0 bridgehead atoms. The Bertz CT molecular complexity index is 63.1. The van der Waals surface area contributed by atoms with Crippen molar-refractivity contribution in [2.24, 2.45) is 0 Å². The van der Waals surface area contributed by atoms with Crippen molar-refractivity contribution in [3.63, 3.8) is 0 Å². The van der Waals surface area contributed by atoms with Gasteiger partial charge in [-0.25, -0.2) is 0 Å². The average Bonchev–Trinajstić information content (AvgIpc) is 1.83. The highest BCUT2D eigenvalue weighted by atomic mass is 16.5. The van der Waals surface area contributed by atoms with Gasteiger partial charge >= 0.3 is 0 Å². The predicted octanol–water partition coefficient (Wildman–Crippen LogP) is -1.49. The number of aliphatic hydroxyl groups excluding tert-OH is 2. The molecule has 0 fully saturated rings. The van der Waals surface area contributed by atoms with Crippen molar-refractivity contribution >= 4 is 6.47 Å². The summed E-state index contributed by atoms with van der Waals surface area (Å²) < 4.78 is 4.10. The molecule has 0 amide bonds. The molecule has 0 aromatic carbocycles. The Morgan fingerprint density at radius 1 is 1.75 bits per heavy atom. The Morgan fingerprint density at radius 2 is 2.38 bits per heavy atom. The predicted molar refractivity (Wildman–Crippen MR) is 25.1 cm³/mol. The van der Waals surface area contributed by atoms with E-state index in [1.165, 1.54) is 0 Å². The van der Waals surface area contributed by atoms with E-state index in [0.717, 1.165) is 0 Å². The van der Waals surface area contributed by atoms with Crippen molar-refractivity contribution in [2.75, 3.05) is 13.2 Å². The topological polar surface area (TPSA) is 66.8 Å². The van der Waals surface area contributed by atoms with Crippen molar-refractivity contribution in [1.29, 1.82) is 0 Å². The zero-order chi connectivity index (χ0) is 6.41. The smallest absolute Gasteiger partial charge is 0.293 e. The van der Waals surface area contributed by atoms with Gasteiger partial charge < -0.3 is 14.9 Å². The number of hydrogen-bond donors (Lipinski definition) is 2. The van der Waals surface area contributed by atoms with Gasteiger partial charge in [0.1, 0.15) is 12.7 Å². The van der Waals surface area contributed by atoms with Crippen LogP contribution in [0.25, 0.3) is 0 Å². The molecule has 1 atom stereocenters. The third kappa shape index (κ3) is 3.58. The van der Waals surface area contributed by atoms with Crippen molar-refractivity contribution in [2.45, 2.75) is 6.10 Å². The van der Waals surface area contributed by atoms with Crippen LogP contribution < -0.4 is 0 Å². The molecule has 0 aromatic rings. The monoisotopic (exact) mass is 120 g/mol. The second kappa shape index (κ2) is 4.55. The minimum atomic E-state index is -0.944. The summed E-state index contributed by atoms with van der Waals surface area (Å²) in [5.74, 6) is 0. The number of carbonyl (C=O) groups is 1. The molecule has 0 unspecified atom stereocenters. The van der Waals surface area contributed by atoms with E-state index in [1.54, 1.807) is 0 Å². The van der Waals surface area contributed by atoms with Crippen LogP contribution in [-0.2, 0) is 9.53 Å². The zero-order valence-electron chi connectivity index (χ0n) is 4.28. The lowest BCUT2D eigenvalue weighted by atomic mass is 10.4. The molecular weight excluding hydrogens is 112 g/mol. The van der Waals surface area contributed by atoms with E-state index in [0.29, 0.717) is 0 Å².